The van der Waals surface area contributed by atoms with Gasteiger partial charge >= 0.3 is 0 Å². The molecular weight excluding hydrogens is 224 g/mol. The fourth-order valence-corrected chi connectivity index (χ4v) is 2.77. The molecule has 18 heavy (non-hydrogen) atoms. The highest BCUT2D eigenvalue weighted by Crippen LogP contribution is 2.40. The van der Waals surface area contributed by atoms with Crippen LogP contribution in [0.3, 0.4) is 0 Å². The fraction of sp³-hybridized carbons (Fsp3) is 0. The molecule has 1 aliphatic carbocycles. The summed E-state index contributed by atoms with van der Waals surface area (Å²) in [5.41, 5.74) is 1.98. The second kappa shape index (κ2) is 3.05. The predicted molar refractivity (Wildman–Crippen MR) is 73.7 cm³/mol. The van der Waals surface area contributed by atoms with Crippen LogP contribution in [0.4, 0.5) is 0 Å². The van der Waals surface area contributed by atoms with E-state index < -0.39 is 0 Å². The predicted octanol–water partition coefficient (Wildman–Crippen LogP) is 3.89. The zero-order chi connectivity index (χ0) is 12.3. The van der Waals surface area contributed by atoms with Gasteiger partial charge in [-0.15, -0.1) is 0 Å². The Morgan fingerprint density at radius 1 is 0.778 bits per heavy atom. The maximum absolute atomic E-state index is 9.87. The third-order valence-corrected chi connectivity index (χ3v) is 3.58. The Kier molecular flexibility index (Phi) is 1.61. The highest BCUT2D eigenvalue weighted by molar-refractivity contribution is 6.17. The number of phenolic OH excluding ortho intramolecular Hbond substituents is 2. The molecule has 0 bridgehead atoms. The van der Waals surface area contributed by atoms with Crippen LogP contribution in [0.2, 0.25) is 0 Å². The van der Waals surface area contributed by atoms with E-state index in [2.05, 4.69) is 0 Å². The van der Waals surface area contributed by atoms with Crippen LogP contribution in [0.15, 0.2) is 36.4 Å². The van der Waals surface area contributed by atoms with Crippen molar-refractivity contribution in [2.45, 2.75) is 0 Å². The Morgan fingerprint density at radius 2 is 1.61 bits per heavy atom. The molecule has 0 fully saturated rings. The molecule has 0 saturated carbocycles. The van der Waals surface area contributed by atoms with E-state index in [0.29, 0.717) is 5.75 Å². The molecule has 3 aromatic carbocycles. The SMILES string of the molecule is Oc1ccc2c(c1)cc1c3c(c(O)ccc32)C=C1. The van der Waals surface area contributed by atoms with Crippen LogP contribution in [-0.4, -0.2) is 10.2 Å². The minimum Gasteiger partial charge on any atom is -0.508 e. The summed E-state index contributed by atoms with van der Waals surface area (Å²) in [6.45, 7) is 0. The molecule has 0 aliphatic heterocycles. The molecule has 86 valence electrons. The number of phenols is 2. The molecule has 0 saturated heterocycles. The van der Waals surface area contributed by atoms with E-state index in [1.165, 1.54) is 0 Å². The second-order valence-electron chi connectivity index (χ2n) is 4.63. The standard InChI is InChI=1S/C16H10O2/c17-11-2-4-12-10(8-11)7-9-1-3-14-15(18)6-5-13(12)16(9)14/h1-8,17-18H. The average Bonchev–Trinajstić information content (AvgIpc) is 2.77. The van der Waals surface area contributed by atoms with Crippen LogP contribution in [-0.2, 0) is 0 Å². The summed E-state index contributed by atoms with van der Waals surface area (Å²) in [6.07, 6.45) is 3.94. The molecule has 0 spiro atoms. The Balaban J connectivity index is 2.31. The van der Waals surface area contributed by atoms with E-state index in [1.807, 2.05) is 30.4 Å². The zero-order valence-electron chi connectivity index (χ0n) is 9.51. The molecule has 0 atom stereocenters. The van der Waals surface area contributed by atoms with Crippen molar-refractivity contribution < 1.29 is 10.2 Å². The molecule has 1 aliphatic rings. The molecule has 2 N–H and O–H groups in total. The summed E-state index contributed by atoms with van der Waals surface area (Å²) in [6, 6.07) is 11.1. The van der Waals surface area contributed by atoms with Gasteiger partial charge in [0.2, 0.25) is 0 Å². The number of aromatic hydroxyl groups is 2. The van der Waals surface area contributed by atoms with Crippen LogP contribution >= 0.6 is 0 Å². The Labute approximate surface area is 103 Å². The van der Waals surface area contributed by atoms with Gasteiger partial charge in [0.05, 0.1) is 0 Å². The number of hydrogen-bond donors (Lipinski definition) is 2. The summed E-state index contributed by atoms with van der Waals surface area (Å²) in [5, 5.41) is 23.7. The van der Waals surface area contributed by atoms with E-state index in [0.717, 1.165) is 32.7 Å². The van der Waals surface area contributed by atoms with Gasteiger partial charge in [0, 0.05) is 10.9 Å². The van der Waals surface area contributed by atoms with E-state index in [4.69, 9.17) is 0 Å². The minimum absolute atomic E-state index is 0.273. The monoisotopic (exact) mass is 234 g/mol. The largest absolute Gasteiger partial charge is 0.508 e. The first kappa shape index (κ1) is 9.54. The number of fused-ring (bicyclic) bond motifs is 2. The molecule has 2 nitrogen and oxygen atoms in total. The Morgan fingerprint density at radius 3 is 2.50 bits per heavy atom. The number of benzene rings is 3. The van der Waals surface area contributed by atoms with E-state index in [-0.39, 0.29) is 5.75 Å². The third-order valence-electron chi connectivity index (χ3n) is 3.58. The van der Waals surface area contributed by atoms with E-state index >= 15 is 0 Å². The van der Waals surface area contributed by atoms with Gasteiger partial charge in [-0.2, -0.15) is 0 Å². The van der Waals surface area contributed by atoms with Gasteiger partial charge in [-0.3, -0.25) is 0 Å². The van der Waals surface area contributed by atoms with Crippen LogP contribution in [0.5, 0.6) is 11.5 Å². The lowest BCUT2D eigenvalue weighted by Gasteiger charge is -2.08. The van der Waals surface area contributed by atoms with Crippen molar-refractivity contribution >= 4 is 33.7 Å². The van der Waals surface area contributed by atoms with E-state index in [1.54, 1.807) is 18.2 Å². The van der Waals surface area contributed by atoms with Gasteiger partial charge in [0.25, 0.3) is 0 Å². The molecule has 0 unspecified atom stereocenters. The highest BCUT2D eigenvalue weighted by Gasteiger charge is 2.15. The second-order valence-corrected chi connectivity index (χ2v) is 4.63. The van der Waals surface area contributed by atoms with Gasteiger partial charge < -0.3 is 10.2 Å². The quantitative estimate of drug-likeness (QED) is 0.453. The van der Waals surface area contributed by atoms with Crippen molar-refractivity contribution in [2.24, 2.45) is 0 Å². The molecule has 0 radical (unpaired) electrons. The zero-order valence-corrected chi connectivity index (χ0v) is 9.51. The van der Waals surface area contributed by atoms with Crippen LogP contribution in [0.1, 0.15) is 11.1 Å². The summed E-state index contributed by atoms with van der Waals surface area (Å²) in [5.74, 6) is 0.589. The van der Waals surface area contributed by atoms with Gasteiger partial charge in [-0.05, 0) is 46.0 Å². The van der Waals surface area contributed by atoms with Crippen molar-refractivity contribution in [3.05, 3.63) is 47.5 Å². The summed E-state index contributed by atoms with van der Waals surface area (Å²) in [7, 11) is 0. The molecule has 2 heteroatoms. The van der Waals surface area contributed by atoms with Crippen LogP contribution in [0, 0.1) is 0 Å². The van der Waals surface area contributed by atoms with Gasteiger partial charge in [0.15, 0.2) is 0 Å². The first-order valence-corrected chi connectivity index (χ1v) is 5.83. The minimum atomic E-state index is 0.273. The topological polar surface area (TPSA) is 40.5 Å². The van der Waals surface area contributed by atoms with Crippen molar-refractivity contribution in [2.75, 3.05) is 0 Å². The summed E-state index contributed by atoms with van der Waals surface area (Å²) >= 11 is 0. The Bertz CT molecular complexity index is 845. The smallest absolute Gasteiger partial charge is 0.123 e. The van der Waals surface area contributed by atoms with Crippen LogP contribution in [0.25, 0.3) is 33.7 Å². The molecule has 4 rings (SSSR count). The fourth-order valence-electron chi connectivity index (χ4n) is 2.77. The molecule has 0 aromatic heterocycles. The first-order chi connectivity index (χ1) is 8.74. The highest BCUT2D eigenvalue weighted by atomic mass is 16.3. The van der Waals surface area contributed by atoms with Gasteiger partial charge in [-0.1, -0.05) is 24.3 Å². The average molecular weight is 234 g/mol. The van der Waals surface area contributed by atoms with Crippen molar-refractivity contribution in [1.29, 1.82) is 0 Å². The molecule has 0 amide bonds. The van der Waals surface area contributed by atoms with Crippen molar-refractivity contribution in [1.82, 2.24) is 0 Å². The van der Waals surface area contributed by atoms with Crippen LogP contribution < -0.4 is 0 Å². The molecular formula is C16H10O2. The molecule has 0 heterocycles. The van der Waals surface area contributed by atoms with E-state index in [9.17, 15) is 10.2 Å². The molecule has 3 aromatic rings. The number of rotatable bonds is 0. The lowest BCUT2D eigenvalue weighted by atomic mass is 9.97. The maximum Gasteiger partial charge on any atom is 0.123 e. The summed E-state index contributed by atoms with van der Waals surface area (Å²) in [4.78, 5) is 0. The van der Waals surface area contributed by atoms with Crippen molar-refractivity contribution in [3.63, 3.8) is 0 Å². The Hall–Kier alpha value is -2.48. The lowest BCUT2D eigenvalue weighted by Crippen LogP contribution is -1.83. The number of hydrogen-bond acceptors (Lipinski definition) is 2. The third kappa shape index (κ3) is 1.07. The normalized spacial score (nSPS) is 12.7. The first-order valence-electron chi connectivity index (χ1n) is 5.83. The maximum atomic E-state index is 9.87. The van der Waals surface area contributed by atoms with Crippen molar-refractivity contribution in [3.8, 4) is 11.5 Å². The van der Waals surface area contributed by atoms with Gasteiger partial charge in [0.1, 0.15) is 11.5 Å². The lowest BCUT2D eigenvalue weighted by molar-refractivity contribution is 0.474. The van der Waals surface area contributed by atoms with Gasteiger partial charge in [-0.25, -0.2) is 0 Å². The summed E-state index contributed by atoms with van der Waals surface area (Å²) < 4.78 is 0.